The summed E-state index contributed by atoms with van der Waals surface area (Å²) in [6, 6.07) is 6.73. The van der Waals surface area contributed by atoms with Gasteiger partial charge < -0.3 is 29.9 Å². The van der Waals surface area contributed by atoms with Gasteiger partial charge in [0.15, 0.2) is 0 Å². The first-order chi connectivity index (χ1) is 14.8. The van der Waals surface area contributed by atoms with Crippen molar-refractivity contribution in [1.82, 2.24) is 10.2 Å². The lowest BCUT2D eigenvalue weighted by molar-refractivity contribution is -0.142. The molecule has 0 radical (unpaired) electrons. The van der Waals surface area contributed by atoms with E-state index in [0.29, 0.717) is 17.9 Å². The third-order valence-corrected chi connectivity index (χ3v) is 5.92. The molecular formula is C22H31IN2O6. The van der Waals surface area contributed by atoms with Crippen LogP contribution in [0.3, 0.4) is 0 Å². The van der Waals surface area contributed by atoms with Crippen LogP contribution in [-0.2, 0) is 14.3 Å². The predicted octanol–water partition coefficient (Wildman–Crippen LogP) is 1.34. The summed E-state index contributed by atoms with van der Waals surface area (Å²) in [5.41, 5.74) is 0.402. The first-order valence-electron chi connectivity index (χ1n) is 10.3. The highest BCUT2D eigenvalue weighted by molar-refractivity contribution is 14.1. The van der Waals surface area contributed by atoms with Gasteiger partial charge in [-0.2, -0.15) is 0 Å². The van der Waals surface area contributed by atoms with Crippen LogP contribution >= 0.6 is 22.6 Å². The topological polar surface area (TPSA) is 108 Å². The zero-order valence-corrected chi connectivity index (χ0v) is 20.2. The van der Waals surface area contributed by atoms with Gasteiger partial charge in [-0.1, -0.05) is 26.0 Å². The van der Waals surface area contributed by atoms with Crippen LogP contribution < -0.4 is 10.1 Å². The van der Waals surface area contributed by atoms with Crippen molar-refractivity contribution in [3.8, 4) is 5.75 Å². The van der Waals surface area contributed by atoms with E-state index < -0.39 is 18.2 Å². The largest absolute Gasteiger partial charge is 0.482 e. The normalized spacial score (nSPS) is 20.9. The molecular weight excluding hydrogens is 515 g/mol. The van der Waals surface area contributed by atoms with Crippen molar-refractivity contribution in [2.75, 3.05) is 33.4 Å². The highest BCUT2D eigenvalue weighted by atomic mass is 127. The molecule has 0 saturated carbocycles. The molecule has 172 valence electrons. The third kappa shape index (κ3) is 6.90. The second-order valence-electron chi connectivity index (χ2n) is 7.63. The molecule has 0 fully saturated rings. The van der Waals surface area contributed by atoms with Gasteiger partial charge in [-0.15, -0.1) is 0 Å². The molecule has 0 unspecified atom stereocenters. The van der Waals surface area contributed by atoms with E-state index in [0.717, 1.165) is 3.57 Å². The first kappa shape index (κ1) is 25.6. The first-order valence-corrected chi connectivity index (χ1v) is 11.4. The van der Waals surface area contributed by atoms with Crippen LogP contribution in [-0.4, -0.2) is 78.6 Å². The molecule has 3 atom stereocenters. The van der Waals surface area contributed by atoms with Crippen molar-refractivity contribution in [1.29, 1.82) is 0 Å². The van der Waals surface area contributed by atoms with Crippen molar-refractivity contribution in [3.63, 3.8) is 0 Å². The highest BCUT2D eigenvalue weighted by Crippen LogP contribution is 2.30. The summed E-state index contributed by atoms with van der Waals surface area (Å²) in [7, 11) is 1.55. The Kier molecular flexibility index (Phi) is 10.2. The fraction of sp³-hybridized carbons (Fsp3) is 0.545. The molecule has 0 heterocycles. The molecule has 2 amide bonds. The maximum atomic E-state index is 12.9. The van der Waals surface area contributed by atoms with Crippen LogP contribution in [0.2, 0.25) is 0 Å². The molecule has 0 aromatic heterocycles. The van der Waals surface area contributed by atoms with Gasteiger partial charge in [-0.25, -0.2) is 0 Å². The fourth-order valence-electron chi connectivity index (χ4n) is 3.43. The smallest absolute Gasteiger partial charge is 0.247 e. The van der Waals surface area contributed by atoms with Crippen molar-refractivity contribution in [2.24, 2.45) is 5.92 Å². The Morgan fingerprint density at radius 2 is 2.03 bits per heavy atom. The summed E-state index contributed by atoms with van der Waals surface area (Å²) in [6.07, 6.45) is -0.0861. The zero-order chi connectivity index (χ0) is 23.0. The number of methoxy groups -OCH3 is 1. The summed E-state index contributed by atoms with van der Waals surface area (Å²) < 4.78 is 12.1. The van der Waals surface area contributed by atoms with Gasteiger partial charge in [0.05, 0.1) is 22.8 Å². The molecule has 2 rings (SSSR count). The predicted molar refractivity (Wildman–Crippen MR) is 125 cm³/mol. The number of rotatable bonds is 10. The van der Waals surface area contributed by atoms with E-state index in [1.807, 2.05) is 18.2 Å². The Labute approximate surface area is 196 Å². The molecule has 9 heteroatoms. The van der Waals surface area contributed by atoms with Gasteiger partial charge >= 0.3 is 0 Å². The van der Waals surface area contributed by atoms with Gasteiger partial charge in [0, 0.05) is 38.1 Å². The number of aliphatic hydroxyl groups is 2. The molecule has 0 aliphatic heterocycles. The number of carbonyl (C=O) groups excluding carboxylic acids is 2. The second-order valence-corrected chi connectivity index (χ2v) is 8.79. The number of ether oxygens (including phenoxy) is 2. The monoisotopic (exact) mass is 546 g/mol. The molecule has 1 aliphatic carbocycles. The maximum absolute atomic E-state index is 12.9. The third-order valence-electron chi connectivity index (χ3n) is 5.03. The van der Waals surface area contributed by atoms with Crippen LogP contribution in [0.15, 0.2) is 35.9 Å². The van der Waals surface area contributed by atoms with Gasteiger partial charge in [0.2, 0.25) is 11.8 Å². The van der Waals surface area contributed by atoms with E-state index in [1.165, 1.54) is 0 Å². The molecule has 1 aromatic carbocycles. The van der Waals surface area contributed by atoms with Crippen LogP contribution in [0.1, 0.15) is 20.3 Å². The summed E-state index contributed by atoms with van der Waals surface area (Å²) in [5.74, 6) is -0.189. The fourth-order valence-corrected chi connectivity index (χ4v) is 3.94. The lowest BCUT2D eigenvalue weighted by Gasteiger charge is -2.41. The van der Waals surface area contributed by atoms with E-state index in [9.17, 15) is 14.7 Å². The molecule has 0 saturated heterocycles. The van der Waals surface area contributed by atoms with Crippen LogP contribution in [0, 0.1) is 9.49 Å². The number of nitrogens with one attached hydrogen (secondary N) is 1. The lowest BCUT2D eigenvalue weighted by atomic mass is 9.87. The summed E-state index contributed by atoms with van der Waals surface area (Å²) in [5, 5.41) is 22.9. The van der Waals surface area contributed by atoms with E-state index in [1.54, 1.807) is 38.0 Å². The second kappa shape index (κ2) is 12.4. The minimum absolute atomic E-state index is 0.115. The lowest BCUT2D eigenvalue weighted by Crippen LogP contribution is -2.56. The van der Waals surface area contributed by atoms with Crippen LogP contribution in [0.25, 0.3) is 0 Å². The van der Waals surface area contributed by atoms with E-state index in [4.69, 9.17) is 14.6 Å². The Bertz CT molecular complexity index is 785. The summed E-state index contributed by atoms with van der Waals surface area (Å²) in [4.78, 5) is 27.2. The number of carbonyl (C=O) groups is 2. The Morgan fingerprint density at radius 1 is 1.32 bits per heavy atom. The van der Waals surface area contributed by atoms with Gasteiger partial charge in [0.25, 0.3) is 0 Å². The minimum atomic E-state index is -1.04. The number of halogens is 1. The molecule has 0 spiro atoms. The average molecular weight is 546 g/mol. The van der Waals surface area contributed by atoms with Crippen molar-refractivity contribution >= 4 is 34.4 Å². The van der Waals surface area contributed by atoms with Crippen molar-refractivity contribution in [3.05, 3.63) is 39.5 Å². The Morgan fingerprint density at radius 3 is 2.65 bits per heavy atom. The number of aliphatic hydroxyl groups excluding tert-OH is 2. The number of benzene rings is 1. The number of nitrogens with zero attached hydrogens (tertiary/aromatic N) is 1. The quantitative estimate of drug-likeness (QED) is 0.383. The van der Waals surface area contributed by atoms with Gasteiger partial charge in [-0.3, -0.25) is 9.59 Å². The van der Waals surface area contributed by atoms with Gasteiger partial charge in [0.1, 0.15) is 18.0 Å². The number of hydrogen-bond donors (Lipinski definition) is 3. The molecule has 8 nitrogen and oxygen atoms in total. The van der Waals surface area contributed by atoms with E-state index >= 15 is 0 Å². The summed E-state index contributed by atoms with van der Waals surface area (Å²) in [6.45, 7) is 4.11. The zero-order valence-electron chi connectivity index (χ0n) is 18.1. The van der Waals surface area contributed by atoms with Crippen LogP contribution in [0.4, 0.5) is 0 Å². The number of para-hydroxylation sites is 1. The van der Waals surface area contributed by atoms with E-state index in [2.05, 4.69) is 27.9 Å². The average Bonchev–Trinajstić information content (AvgIpc) is 2.75. The molecule has 0 bridgehead atoms. The highest BCUT2D eigenvalue weighted by Gasteiger charge is 2.40. The Hall–Kier alpha value is -1.69. The molecule has 31 heavy (non-hydrogen) atoms. The Balaban J connectivity index is 2.39. The molecule has 3 N–H and O–H groups in total. The number of amides is 2. The van der Waals surface area contributed by atoms with Gasteiger partial charge in [-0.05, 0) is 40.8 Å². The molecule has 1 aromatic rings. The SMILES string of the molecule is COCCN(C(=O)C(C)C)[C@@H]1CC(C(=O)NCCO)=C[C@H](Oc2ccccc2I)[C@H]1O. The van der Waals surface area contributed by atoms with Crippen molar-refractivity contribution < 1.29 is 29.3 Å². The van der Waals surface area contributed by atoms with Crippen LogP contribution in [0.5, 0.6) is 5.75 Å². The molecule has 1 aliphatic rings. The van der Waals surface area contributed by atoms with E-state index in [-0.39, 0.29) is 43.8 Å². The maximum Gasteiger partial charge on any atom is 0.247 e. The number of hydrogen-bond acceptors (Lipinski definition) is 6. The standard InChI is InChI=1S/C22H31IN2O6/c1-14(2)22(29)25(9-11-30-3)17-12-15(21(28)24-8-10-26)13-19(20(17)27)31-18-7-5-4-6-16(18)23/h4-7,13-14,17,19-20,26-27H,8-12H2,1-3H3,(H,24,28)/t17-,19+,20+/m1/s1. The van der Waals surface area contributed by atoms with Crippen molar-refractivity contribution in [2.45, 2.75) is 38.5 Å². The minimum Gasteiger partial charge on any atom is -0.482 e. The summed E-state index contributed by atoms with van der Waals surface area (Å²) >= 11 is 2.14.